The van der Waals surface area contributed by atoms with Crippen molar-refractivity contribution in [1.82, 2.24) is 4.40 Å². The molecule has 19 heavy (non-hydrogen) atoms. The van der Waals surface area contributed by atoms with Gasteiger partial charge in [-0.1, -0.05) is 36.4 Å². The highest BCUT2D eigenvalue weighted by Crippen LogP contribution is 2.34. The summed E-state index contributed by atoms with van der Waals surface area (Å²) in [6, 6.07) is 19.0. The van der Waals surface area contributed by atoms with E-state index in [1.165, 1.54) is 27.5 Å². The molecule has 0 saturated heterocycles. The zero-order valence-corrected chi connectivity index (χ0v) is 10.2. The van der Waals surface area contributed by atoms with Gasteiger partial charge in [-0.2, -0.15) is 0 Å². The first kappa shape index (κ1) is 9.34. The molecule has 2 aromatic heterocycles. The summed E-state index contributed by atoms with van der Waals surface area (Å²) in [6.45, 7) is 0. The minimum absolute atomic E-state index is 1.08. The van der Waals surface area contributed by atoms with Crippen molar-refractivity contribution in [3.63, 3.8) is 0 Å². The SMILES string of the molecule is c1ccc2c(c1)N=c1c-2cn2c1cc1ccccc12. The smallest absolute Gasteiger partial charge is 0.0971 e. The molecule has 3 heterocycles. The van der Waals surface area contributed by atoms with Crippen LogP contribution in [0.5, 0.6) is 0 Å². The van der Waals surface area contributed by atoms with E-state index in [9.17, 15) is 0 Å². The molecule has 0 atom stereocenters. The molecule has 0 unspecified atom stereocenters. The van der Waals surface area contributed by atoms with Crippen molar-refractivity contribution in [3.05, 3.63) is 66.2 Å². The van der Waals surface area contributed by atoms with E-state index in [4.69, 9.17) is 4.99 Å². The summed E-state index contributed by atoms with van der Waals surface area (Å²) in [7, 11) is 0. The van der Waals surface area contributed by atoms with Gasteiger partial charge in [0.2, 0.25) is 0 Å². The van der Waals surface area contributed by atoms with Gasteiger partial charge in [-0.15, -0.1) is 0 Å². The maximum atomic E-state index is 4.78. The van der Waals surface area contributed by atoms with Crippen LogP contribution in [0.1, 0.15) is 0 Å². The first-order valence-corrected chi connectivity index (χ1v) is 6.42. The van der Waals surface area contributed by atoms with Crippen molar-refractivity contribution in [1.29, 1.82) is 0 Å². The highest BCUT2D eigenvalue weighted by molar-refractivity contribution is 5.92. The van der Waals surface area contributed by atoms with E-state index >= 15 is 0 Å². The fraction of sp³-hybridized carbons (Fsp3) is 0. The summed E-state index contributed by atoms with van der Waals surface area (Å²) >= 11 is 0. The quantitative estimate of drug-likeness (QED) is 0.393. The normalized spacial score (nSPS) is 12.6. The molecule has 0 N–H and O–H groups in total. The highest BCUT2D eigenvalue weighted by Gasteiger charge is 2.18. The van der Waals surface area contributed by atoms with Gasteiger partial charge >= 0.3 is 0 Å². The largest absolute Gasteiger partial charge is 0.314 e. The summed E-state index contributed by atoms with van der Waals surface area (Å²) in [6.07, 6.45) is 2.21. The summed E-state index contributed by atoms with van der Waals surface area (Å²) in [5.41, 5.74) is 6.02. The Morgan fingerprint density at radius 2 is 1.63 bits per heavy atom. The van der Waals surface area contributed by atoms with Crippen molar-refractivity contribution in [2.45, 2.75) is 0 Å². The van der Waals surface area contributed by atoms with E-state index in [0.717, 1.165) is 11.0 Å². The van der Waals surface area contributed by atoms with E-state index < -0.39 is 0 Å². The lowest BCUT2D eigenvalue weighted by atomic mass is 10.1. The Morgan fingerprint density at radius 3 is 2.63 bits per heavy atom. The van der Waals surface area contributed by atoms with Crippen LogP contribution in [0.2, 0.25) is 0 Å². The minimum atomic E-state index is 1.08. The Bertz CT molecular complexity index is 1010. The van der Waals surface area contributed by atoms with E-state index in [1.54, 1.807) is 0 Å². The molecule has 0 spiro atoms. The number of aromatic nitrogens is 1. The molecule has 0 bridgehead atoms. The lowest BCUT2D eigenvalue weighted by Gasteiger charge is -1.96. The number of rotatable bonds is 0. The molecule has 2 heteroatoms. The van der Waals surface area contributed by atoms with E-state index in [2.05, 4.69) is 59.1 Å². The Hall–Kier alpha value is -2.61. The zero-order chi connectivity index (χ0) is 12.4. The number of hydrogen-bond donors (Lipinski definition) is 0. The van der Waals surface area contributed by atoms with Gasteiger partial charge < -0.3 is 4.40 Å². The molecule has 0 amide bonds. The van der Waals surface area contributed by atoms with Gasteiger partial charge in [-0.25, -0.2) is 4.99 Å². The van der Waals surface area contributed by atoms with E-state index in [1.807, 2.05) is 6.07 Å². The van der Waals surface area contributed by atoms with Crippen LogP contribution in [0.3, 0.4) is 0 Å². The average molecular weight is 242 g/mol. The number of benzene rings is 2. The Morgan fingerprint density at radius 1 is 0.789 bits per heavy atom. The van der Waals surface area contributed by atoms with Crippen LogP contribution >= 0.6 is 0 Å². The predicted molar refractivity (Wildman–Crippen MR) is 76.7 cm³/mol. The molecule has 2 aromatic carbocycles. The molecule has 4 aromatic rings. The van der Waals surface area contributed by atoms with Gasteiger partial charge in [-0.3, -0.25) is 0 Å². The zero-order valence-electron chi connectivity index (χ0n) is 10.2. The molecule has 1 aliphatic rings. The van der Waals surface area contributed by atoms with Crippen LogP contribution in [0, 0.1) is 0 Å². The van der Waals surface area contributed by atoms with Crippen molar-refractivity contribution in [3.8, 4) is 11.1 Å². The predicted octanol–water partition coefficient (Wildman–Crippen LogP) is 3.74. The second kappa shape index (κ2) is 3.04. The fourth-order valence-electron chi connectivity index (χ4n) is 3.06. The third-order valence-electron chi connectivity index (χ3n) is 3.93. The summed E-state index contributed by atoms with van der Waals surface area (Å²) in [4.78, 5) is 4.78. The lowest BCUT2D eigenvalue weighted by Crippen LogP contribution is -1.95. The second-order valence-corrected chi connectivity index (χ2v) is 4.98. The third-order valence-corrected chi connectivity index (χ3v) is 3.93. The molecule has 2 nitrogen and oxygen atoms in total. The van der Waals surface area contributed by atoms with Gasteiger partial charge in [-0.05, 0) is 18.2 Å². The number of nitrogens with zero attached hydrogens (tertiary/aromatic N) is 2. The van der Waals surface area contributed by atoms with Crippen LogP contribution < -0.4 is 5.36 Å². The van der Waals surface area contributed by atoms with Gasteiger partial charge in [0.15, 0.2) is 0 Å². The first-order valence-electron chi connectivity index (χ1n) is 6.42. The Balaban J connectivity index is 2.00. The average Bonchev–Trinajstić information content (AvgIpc) is 3.07. The maximum absolute atomic E-state index is 4.78. The van der Waals surface area contributed by atoms with Crippen LogP contribution in [-0.2, 0) is 0 Å². The highest BCUT2D eigenvalue weighted by atomic mass is 14.9. The summed E-state index contributed by atoms with van der Waals surface area (Å²) in [5, 5.41) is 2.38. The maximum Gasteiger partial charge on any atom is 0.0971 e. The standard InChI is InChI=1S/C17H10N2/c1-4-8-15-11(5-1)9-16-17-13(10-19(15)16)12-6-2-3-7-14(12)18-17/h1-10H. The monoisotopic (exact) mass is 242 g/mol. The third kappa shape index (κ3) is 1.04. The van der Waals surface area contributed by atoms with Gasteiger partial charge in [0.1, 0.15) is 0 Å². The summed E-state index contributed by atoms with van der Waals surface area (Å²) in [5.74, 6) is 0. The molecular formula is C17H10N2. The molecule has 0 fully saturated rings. The van der Waals surface area contributed by atoms with Crippen molar-refractivity contribution < 1.29 is 0 Å². The molecule has 0 saturated carbocycles. The van der Waals surface area contributed by atoms with Crippen molar-refractivity contribution in [2.75, 3.05) is 0 Å². The minimum Gasteiger partial charge on any atom is -0.314 e. The summed E-state index contributed by atoms with van der Waals surface area (Å²) < 4.78 is 2.25. The van der Waals surface area contributed by atoms with E-state index in [0.29, 0.717) is 0 Å². The van der Waals surface area contributed by atoms with Gasteiger partial charge in [0, 0.05) is 22.7 Å². The Kier molecular flexibility index (Phi) is 1.49. The molecular weight excluding hydrogens is 232 g/mol. The topological polar surface area (TPSA) is 16.8 Å². The van der Waals surface area contributed by atoms with Gasteiger partial charge in [0.25, 0.3) is 0 Å². The fourth-order valence-corrected chi connectivity index (χ4v) is 3.06. The molecule has 0 aliphatic carbocycles. The number of para-hydroxylation sites is 2. The van der Waals surface area contributed by atoms with Crippen molar-refractivity contribution in [2.24, 2.45) is 4.99 Å². The van der Waals surface area contributed by atoms with E-state index in [-0.39, 0.29) is 0 Å². The van der Waals surface area contributed by atoms with Crippen LogP contribution in [-0.4, -0.2) is 4.40 Å². The lowest BCUT2D eigenvalue weighted by molar-refractivity contribution is 1.29. The van der Waals surface area contributed by atoms with Crippen molar-refractivity contribution >= 4 is 22.1 Å². The van der Waals surface area contributed by atoms with Crippen LogP contribution in [0.15, 0.2) is 65.8 Å². The van der Waals surface area contributed by atoms with Gasteiger partial charge in [0.05, 0.1) is 22.1 Å². The molecule has 5 rings (SSSR count). The van der Waals surface area contributed by atoms with Crippen LogP contribution in [0.25, 0.3) is 27.5 Å². The molecule has 88 valence electrons. The number of fused-ring (bicyclic) bond motifs is 7. The first-order chi connectivity index (χ1) is 9.42. The number of hydrogen-bond acceptors (Lipinski definition) is 1. The molecule has 0 radical (unpaired) electrons. The Labute approximate surface area is 109 Å². The van der Waals surface area contributed by atoms with Crippen LogP contribution in [0.4, 0.5) is 5.69 Å². The second-order valence-electron chi connectivity index (χ2n) is 4.98. The molecule has 1 aliphatic heterocycles.